The molecule has 0 aliphatic heterocycles. The van der Waals surface area contributed by atoms with Crippen LogP contribution >= 0.6 is 0 Å². The van der Waals surface area contributed by atoms with Gasteiger partial charge in [0, 0.05) is 20.3 Å². The molecule has 0 saturated heterocycles. The number of carboxylic acid groups (broad SMARTS) is 1. The van der Waals surface area contributed by atoms with Gasteiger partial charge in [0.1, 0.15) is 18.0 Å². The van der Waals surface area contributed by atoms with E-state index in [1.807, 2.05) is 0 Å². The molecule has 0 aromatic heterocycles. The lowest BCUT2D eigenvalue weighted by atomic mass is 10.00. The highest BCUT2D eigenvalue weighted by Gasteiger charge is 2.27. The Morgan fingerprint density at radius 2 is 2.06 bits per heavy atom. The van der Waals surface area contributed by atoms with E-state index in [0.29, 0.717) is 11.3 Å². The highest BCUT2D eigenvalue weighted by Crippen LogP contribution is 2.23. The second-order valence-corrected chi connectivity index (χ2v) is 3.45. The SMILES string of the molecule is COC1=CC(/C=C/C(=O)O)=CC(OC)C1OC. The van der Waals surface area contributed by atoms with Gasteiger partial charge in [-0.05, 0) is 23.8 Å². The van der Waals surface area contributed by atoms with E-state index in [-0.39, 0.29) is 12.2 Å². The summed E-state index contributed by atoms with van der Waals surface area (Å²) >= 11 is 0. The zero-order valence-corrected chi connectivity index (χ0v) is 10.0. The molecule has 94 valence electrons. The second-order valence-electron chi connectivity index (χ2n) is 3.45. The highest BCUT2D eigenvalue weighted by atomic mass is 16.6. The van der Waals surface area contributed by atoms with E-state index >= 15 is 0 Å². The van der Waals surface area contributed by atoms with Gasteiger partial charge in [0.2, 0.25) is 0 Å². The van der Waals surface area contributed by atoms with Crippen molar-refractivity contribution in [3.8, 4) is 0 Å². The minimum Gasteiger partial charge on any atom is -0.498 e. The first kappa shape index (κ1) is 13.5. The maximum Gasteiger partial charge on any atom is 0.328 e. The summed E-state index contributed by atoms with van der Waals surface area (Å²) in [4.78, 5) is 10.4. The third kappa shape index (κ3) is 3.44. The average molecular weight is 240 g/mol. The van der Waals surface area contributed by atoms with Crippen LogP contribution in [-0.4, -0.2) is 44.6 Å². The van der Waals surface area contributed by atoms with Crippen molar-refractivity contribution in [3.63, 3.8) is 0 Å². The Morgan fingerprint density at radius 1 is 1.35 bits per heavy atom. The number of allylic oxidation sites excluding steroid dienone is 3. The van der Waals surface area contributed by atoms with Gasteiger partial charge in [-0.1, -0.05) is 0 Å². The van der Waals surface area contributed by atoms with E-state index in [0.717, 1.165) is 6.08 Å². The first-order chi connectivity index (χ1) is 8.12. The van der Waals surface area contributed by atoms with Crippen LogP contribution < -0.4 is 0 Å². The van der Waals surface area contributed by atoms with Gasteiger partial charge in [-0.2, -0.15) is 0 Å². The summed E-state index contributed by atoms with van der Waals surface area (Å²) in [5.74, 6) is -0.395. The molecule has 0 spiro atoms. The first-order valence-electron chi connectivity index (χ1n) is 5.06. The van der Waals surface area contributed by atoms with Crippen LogP contribution in [0, 0.1) is 0 Å². The average Bonchev–Trinajstić information content (AvgIpc) is 2.34. The lowest BCUT2D eigenvalue weighted by Crippen LogP contribution is -2.33. The molecule has 1 aliphatic rings. The molecule has 0 aromatic rings. The molecule has 1 aliphatic carbocycles. The van der Waals surface area contributed by atoms with Crippen LogP contribution in [0.5, 0.6) is 0 Å². The van der Waals surface area contributed by atoms with E-state index < -0.39 is 5.97 Å². The Labute approximate surface area is 100.0 Å². The fourth-order valence-corrected chi connectivity index (χ4v) is 1.62. The summed E-state index contributed by atoms with van der Waals surface area (Å²) in [7, 11) is 4.66. The van der Waals surface area contributed by atoms with E-state index in [1.54, 1.807) is 26.4 Å². The maximum atomic E-state index is 10.4. The Hall–Kier alpha value is -1.59. The lowest BCUT2D eigenvalue weighted by Gasteiger charge is -2.27. The van der Waals surface area contributed by atoms with Crippen LogP contribution in [0.15, 0.2) is 35.6 Å². The zero-order chi connectivity index (χ0) is 12.8. The standard InChI is InChI=1S/C12H16O5/c1-15-9-6-8(4-5-11(13)14)7-10(16-2)12(9)17-3/h4-7,9,12H,1-3H3,(H,13,14)/b5-4+. The number of methoxy groups -OCH3 is 3. The van der Waals surface area contributed by atoms with Crippen LogP contribution in [0.1, 0.15) is 0 Å². The monoisotopic (exact) mass is 240 g/mol. The Kier molecular flexibility index (Phi) is 4.93. The van der Waals surface area contributed by atoms with E-state index in [4.69, 9.17) is 19.3 Å². The highest BCUT2D eigenvalue weighted by molar-refractivity contribution is 5.80. The van der Waals surface area contributed by atoms with Crippen molar-refractivity contribution in [2.24, 2.45) is 0 Å². The summed E-state index contributed by atoms with van der Waals surface area (Å²) in [5, 5.41) is 8.57. The molecule has 0 radical (unpaired) electrons. The summed E-state index contributed by atoms with van der Waals surface area (Å²) in [6.07, 6.45) is 5.45. The zero-order valence-electron chi connectivity index (χ0n) is 10.0. The summed E-state index contributed by atoms with van der Waals surface area (Å²) in [5.41, 5.74) is 0.712. The molecule has 1 rings (SSSR count). The molecule has 0 fully saturated rings. The quantitative estimate of drug-likeness (QED) is 0.730. The third-order valence-electron chi connectivity index (χ3n) is 2.42. The summed E-state index contributed by atoms with van der Waals surface area (Å²) < 4.78 is 15.7. The van der Waals surface area contributed by atoms with Crippen LogP contribution in [-0.2, 0) is 19.0 Å². The Balaban J connectivity index is 2.96. The minimum atomic E-state index is -0.999. The van der Waals surface area contributed by atoms with Gasteiger partial charge in [-0.3, -0.25) is 0 Å². The molecular weight excluding hydrogens is 224 g/mol. The number of ether oxygens (including phenoxy) is 3. The van der Waals surface area contributed by atoms with Crippen LogP contribution in [0.25, 0.3) is 0 Å². The predicted molar refractivity (Wildman–Crippen MR) is 61.5 cm³/mol. The molecule has 2 atom stereocenters. The predicted octanol–water partition coefficient (Wildman–Crippen LogP) is 1.13. The van der Waals surface area contributed by atoms with Crippen LogP contribution in [0.4, 0.5) is 0 Å². The first-order valence-corrected chi connectivity index (χ1v) is 5.06. The van der Waals surface area contributed by atoms with Crippen molar-refractivity contribution >= 4 is 5.97 Å². The van der Waals surface area contributed by atoms with E-state index in [9.17, 15) is 4.79 Å². The molecule has 2 unspecified atom stereocenters. The molecule has 0 bridgehead atoms. The Bertz CT molecular complexity index is 367. The number of carbonyl (C=O) groups is 1. The molecule has 0 heterocycles. The normalized spacial score (nSPS) is 24.4. The van der Waals surface area contributed by atoms with Gasteiger partial charge < -0.3 is 19.3 Å². The van der Waals surface area contributed by atoms with Crippen molar-refractivity contribution < 1.29 is 24.1 Å². The van der Waals surface area contributed by atoms with Crippen LogP contribution in [0.3, 0.4) is 0 Å². The molecular formula is C12H16O5. The van der Waals surface area contributed by atoms with Gasteiger partial charge in [-0.25, -0.2) is 4.79 Å². The minimum absolute atomic E-state index is 0.298. The van der Waals surface area contributed by atoms with E-state index in [2.05, 4.69) is 0 Å². The Morgan fingerprint density at radius 3 is 2.53 bits per heavy atom. The maximum absolute atomic E-state index is 10.4. The second kappa shape index (κ2) is 6.22. The van der Waals surface area contributed by atoms with Gasteiger partial charge >= 0.3 is 5.97 Å². The number of rotatable bonds is 5. The number of carboxylic acids is 1. The van der Waals surface area contributed by atoms with Gasteiger partial charge in [0.25, 0.3) is 0 Å². The summed E-state index contributed by atoms with van der Waals surface area (Å²) in [6, 6.07) is 0. The molecule has 17 heavy (non-hydrogen) atoms. The van der Waals surface area contributed by atoms with Gasteiger partial charge in [0.15, 0.2) is 0 Å². The van der Waals surface area contributed by atoms with Crippen LogP contribution in [0.2, 0.25) is 0 Å². The molecule has 5 heteroatoms. The van der Waals surface area contributed by atoms with Gasteiger partial charge in [-0.15, -0.1) is 0 Å². The van der Waals surface area contributed by atoms with Crippen molar-refractivity contribution in [2.75, 3.05) is 21.3 Å². The number of aliphatic carboxylic acids is 1. The van der Waals surface area contributed by atoms with E-state index in [1.165, 1.54) is 13.2 Å². The molecule has 0 saturated carbocycles. The van der Waals surface area contributed by atoms with Gasteiger partial charge in [0.05, 0.1) is 7.11 Å². The molecule has 0 amide bonds. The van der Waals surface area contributed by atoms with Crippen molar-refractivity contribution in [3.05, 3.63) is 35.6 Å². The number of hydrogen-bond donors (Lipinski definition) is 1. The van der Waals surface area contributed by atoms with Crippen molar-refractivity contribution in [1.29, 1.82) is 0 Å². The topological polar surface area (TPSA) is 65.0 Å². The largest absolute Gasteiger partial charge is 0.498 e. The molecule has 0 aromatic carbocycles. The molecule has 1 N–H and O–H groups in total. The molecule has 5 nitrogen and oxygen atoms in total. The third-order valence-corrected chi connectivity index (χ3v) is 2.42. The van der Waals surface area contributed by atoms with Crippen molar-refractivity contribution in [1.82, 2.24) is 0 Å². The fourth-order valence-electron chi connectivity index (χ4n) is 1.62. The fraction of sp³-hybridized carbons (Fsp3) is 0.417. The smallest absolute Gasteiger partial charge is 0.328 e. The number of hydrogen-bond acceptors (Lipinski definition) is 4. The van der Waals surface area contributed by atoms with Crippen molar-refractivity contribution in [2.45, 2.75) is 12.2 Å². The summed E-state index contributed by atoms with van der Waals surface area (Å²) in [6.45, 7) is 0. The lowest BCUT2D eigenvalue weighted by molar-refractivity contribution is -0.131.